The Morgan fingerprint density at radius 1 is 1.05 bits per heavy atom. The maximum Gasteiger partial charge on any atom is 0.490 e. The van der Waals surface area contributed by atoms with Crippen LogP contribution in [0, 0.1) is 5.92 Å². The number of phosphoric acid groups is 3. The molecule has 22 heavy (non-hydrogen) atoms. The van der Waals surface area contributed by atoms with Crippen LogP contribution < -0.4 is 0 Å². The zero-order chi connectivity index (χ0) is 17.2. The summed E-state index contributed by atoms with van der Waals surface area (Å²) in [6, 6.07) is 0. The Kier molecular flexibility index (Phi) is 6.97. The second-order valence-electron chi connectivity index (χ2n) is 4.75. The minimum atomic E-state index is -5.36. The van der Waals surface area contributed by atoms with Gasteiger partial charge in [-0.3, -0.25) is 9.05 Å². The lowest BCUT2D eigenvalue weighted by molar-refractivity contribution is 0.00794. The Bertz CT molecular complexity index is 521. The minimum absolute atomic E-state index is 0.0446. The molecule has 5 unspecified atom stereocenters. The standard InChI is InChI=1S/C8H19O11P3/c1-6-4-7(2)17-8(6)5-16-21(11,12)19-22(13,14)18-20(9,10)15-3/h6-8H,4-5H2,1-3H3,(H,9,10)(H,11,12)(H,13,14)/t6?,7?,8-/m1/s1. The third-order valence-electron chi connectivity index (χ3n) is 2.79. The van der Waals surface area contributed by atoms with Crippen molar-refractivity contribution < 1.29 is 50.8 Å². The van der Waals surface area contributed by atoms with E-state index < -0.39 is 29.6 Å². The molecule has 6 atom stereocenters. The zero-order valence-corrected chi connectivity index (χ0v) is 14.8. The summed E-state index contributed by atoms with van der Waals surface area (Å²) >= 11 is 0. The van der Waals surface area contributed by atoms with Crippen LogP contribution in [-0.2, 0) is 36.1 Å². The molecule has 14 heteroatoms. The van der Waals surface area contributed by atoms with Crippen LogP contribution in [0.2, 0.25) is 0 Å². The largest absolute Gasteiger partial charge is 0.490 e. The molecule has 0 aliphatic carbocycles. The molecule has 1 aliphatic heterocycles. The summed E-state index contributed by atoms with van der Waals surface area (Å²) in [7, 11) is -14.5. The van der Waals surface area contributed by atoms with Crippen LogP contribution in [0.25, 0.3) is 0 Å². The summed E-state index contributed by atoms with van der Waals surface area (Å²) in [6.45, 7) is 3.31. The first-order valence-electron chi connectivity index (χ1n) is 6.12. The molecule has 0 amide bonds. The quantitative estimate of drug-likeness (QED) is 0.524. The van der Waals surface area contributed by atoms with Crippen LogP contribution >= 0.6 is 23.5 Å². The summed E-state index contributed by atoms with van der Waals surface area (Å²) in [6.07, 6.45) is 0.200. The summed E-state index contributed by atoms with van der Waals surface area (Å²) in [5, 5.41) is 0. The van der Waals surface area contributed by atoms with E-state index in [-0.39, 0.29) is 18.6 Å². The van der Waals surface area contributed by atoms with Gasteiger partial charge in [0.15, 0.2) is 0 Å². The molecule has 1 aliphatic rings. The summed E-state index contributed by atoms with van der Waals surface area (Å²) < 4.78 is 55.5. The van der Waals surface area contributed by atoms with Crippen LogP contribution in [0.5, 0.6) is 0 Å². The Hall–Kier alpha value is 0.370. The van der Waals surface area contributed by atoms with Crippen LogP contribution in [0.1, 0.15) is 20.3 Å². The fraction of sp³-hybridized carbons (Fsp3) is 1.00. The van der Waals surface area contributed by atoms with Gasteiger partial charge in [0.2, 0.25) is 0 Å². The lowest BCUT2D eigenvalue weighted by Gasteiger charge is -2.19. The Morgan fingerprint density at radius 3 is 2.05 bits per heavy atom. The van der Waals surface area contributed by atoms with Crippen molar-refractivity contribution in [3.63, 3.8) is 0 Å². The highest BCUT2D eigenvalue weighted by molar-refractivity contribution is 7.66. The molecule has 0 aromatic carbocycles. The normalized spacial score (nSPS) is 33.8. The van der Waals surface area contributed by atoms with Crippen molar-refractivity contribution in [1.29, 1.82) is 0 Å². The Labute approximate surface area is 127 Å². The second-order valence-corrected chi connectivity index (χ2v) is 9.49. The molecule has 0 spiro atoms. The van der Waals surface area contributed by atoms with Crippen molar-refractivity contribution in [1.82, 2.24) is 0 Å². The average molecular weight is 384 g/mol. The maximum atomic E-state index is 11.6. The minimum Gasteiger partial charge on any atom is -0.373 e. The topological polar surface area (TPSA) is 158 Å². The molecular weight excluding hydrogens is 365 g/mol. The van der Waals surface area contributed by atoms with Gasteiger partial charge in [-0.15, -0.1) is 0 Å². The number of hydrogen-bond acceptors (Lipinski definition) is 8. The van der Waals surface area contributed by atoms with E-state index in [1.807, 2.05) is 13.8 Å². The highest BCUT2D eigenvalue weighted by Crippen LogP contribution is 2.67. The molecule has 1 fully saturated rings. The lowest BCUT2D eigenvalue weighted by atomic mass is 10.0. The van der Waals surface area contributed by atoms with Gasteiger partial charge in [0, 0.05) is 7.11 Å². The van der Waals surface area contributed by atoms with Crippen molar-refractivity contribution in [3.05, 3.63) is 0 Å². The van der Waals surface area contributed by atoms with Crippen molar-refractivity contribution in [2.45, 2.75) is 32.5 Å². The fourth-order valence-corrected chi connectivity index (χ4v) is 5.13. The molecule has 1 rings (SSSR count). The van der Waals surface area contributed by atoms with Crippen LogP contribution in [0.15, 0.2) is 0 Å². The second kappa shape index (κ2) is 7.51. The fourth-order valence-electron chi connectivity index (χ4n) is 1.87. The third kappa shape index (κ3) is 6.86. The number of ether oxygens (including phenoxy) is 1. The molecule has 11 nitrogen and oxygen atoms in total. The van der Waals surface area contributed by atoms with Gasteiger partial charge < -0.3 is 19.4 Å². The number of phosphoric ester groups is 2. The van der Waals surface area contributed by atoms with Gasteiger partial charge in [0.25, 0.3) is 0 Å². The summed E-state index contributed by atoms with van der Waals surface area (Å²) in [5.41, 5.74) is 0. The third-order valence-corrected chi connectivity index (χ3v) is 7.03. The average Bonchev–Trinajstić information content (AvgIpc) is 2.62. The summed E-state index contributed by atoms with van der Waals surface area (Å²) in [4.78, 5) is 27.4. The maximum absolute atomic E-state index is 11.6. The smallest absolute Gasteiger partial charge is 0.373 e. The first-order valence-corrected chi connectivity index (χ1v) is 10.6. The van der Waals surface area contributed by atoms with Crippen LogP contribution in [0.3, 0.4) is 0 Å². The predicted octanol–water partition coefficient (Wildman–Crippen LogP) is 1.80. The van der Waals surface area contributed by atoms with E-state index in [0.29, 0.717) is 0 Å². The van der Waals surface area contributed by atoms with Crippen LogP contribution in [0.4, 0.5) is 0 Å². The molecule has 0 radical (unpaired) electrons. The van der Waals surface area contributed by atoms with E-state index in [4.69, 9.17) is 14.5 Å². The first kappa shape index (κ1) is 20.4. The molecule has 132 valence electrons. The Balaban J connectivity index is 2.58. The number of hydrogen-bond donors (Lipinski definition) is 3. The van der Waals surface area contributed by atoms with E-state index in [9.17, 15) is 18.6 Å². The first-order chi connectivity index (χ1) is 9.86. The summed E-state index contributed by atoms with van der Waals surface area (Å²) in [5.74, 6) is 0.0540. The predicted molar refractivity (Wildman–Crippen MR) is 72.7 cm³/mol. The molecular formula is C8H19O11P3. The molecule has 1 saturated heterocycles. The molecule has 0 aromatic rings. The van der Waals surface area contributed by atoms with E-state index >= 15 is 0 Å². The van der Waals surface area contributed by atoms with Crippen molar-refractivity contribution in [2.75, 3.05) is 13.7 Å². The monoisotopic (exact) mass is 384 g/mol. The van der Waals surface area contributed by atoms with Gasteiger partial charge in [0.05, 0.1) is 18.8 Å². The molecule has 1 heterocycles. The Morgan fingerprint density at radius 2 is 1.59 bits per heavy atom. The molecule has 3 N–H and O–H groups in total. The highest BCUT2D eigenvalue weighted by Gasteiger charge is 2.42. The van der Waals surface area contributed by atoms with Gasteiger partial charge in [-0.05, 0) is 19.3 Å². The number of rotatable bonds is 8. The highest BCUT2D eigenvalue weighted by atomic mass is 31.3. The van der Waals surface area contributed by atoms with Crippen molar-refractivity contribution in [3.8, 4) is 0 Å². The van der Waals surface area contributed by atoms with E-state index in [0.717, 1.165) is 13.5 Å². The van der Waals surface area contributed by atoms with Gasteiger partial charge in [-0.1, -0.05) is 6.92 Å². The van der Waals surface area contributed by atoms with E-state index in [2.05, 4.69) is 17.7 Å². The van der Waals surface area contributed by atoms with Gasteiger partial charge in [-0.2, -0.15) is 8.62 Å². The molecule has 0 saturated carbocycles. The van der Waals surface area contributed by atoms with Gasteiger partial charge >= 0.3 is 23.5 Å². The molecule has 0 bridgehead atoms. The van der Waals surface area contributed by atoms with E-state index in [1.165, 1.54) is 0 Å². The van der Waals surface area contributed by atoms with Gasteiger partial charge in [0.1, 0.15) is 0 Å². The van der Waals surface area contributed by atoms with Crippen molar-refractivity contribution >= 4 is 23.5 Å². The zero-order valence-electron chi connectivity index (χ0n) is 12.1. The van der Waals surface area contributed by atoms with Crippen molar-refractivity contribution in [2.24, 2.45) is 5.92 Å². The van der Waals surface area contributed by atoms with Crippen LogP contribution in [-0.4, -0.2) is 40.6 Å². The van der Waals surface area contributed by atoms with E-state index in [1.54, 1.807) is 0 Å². The SMILES string of the molecule is COP(=O)(O)OP(=O)(O)OP(=O)(O)OC[C@H]1OC(C)CC1C. The molecule has 0 aromatic heterocycles. The van der Waals surface area contributed by atoms with Gasteiger partial charge in [-0.25, -0.2) is 13.7 Å². The lowest BCUT2D eigenvalue weighted by Crippen LogP contribution is -2.20.